The summed E-state index contributed by atoms with van der Waals surface area (Å²) in [5, 5.41) is 9.63. The highest BCUT2D eigenvalue weighted by atomic mass is 16.5. The smallest absolute Gasteiger partial charge is 0.0594 e. The maximum absolute atomic E-state index is 9.63. The van der Waals surface area contributed by atoms with E-state index in [1.807, 2.05) is 6.92 Å². The number of morpholine rings is 1. The number of nitrogens with zero attached hydrogens (tertiary/aromatic N) is 1. The maximum Gasteiger partial charge on any atom is 0.0594 e. The van der Waals surface area contributed by atoms with E-state index in [9.17, 15) is 5.11 Å². The summed E-state index contributed by atoms with van der Waals surface area (Å²) in [4.78, 5) is 2.45. The minimum absolute atomic E-state index is 0.122. The molecule has 0 aromatic carbocycles. The molecule has 2 aliphatic rings. The summed E-state index contributed by atoms with van der Waals surface area (Å²) in [5.41, 5.74) is 0.276. The van der Waals surface area contributed by atoms with E-state index in [2.05, 4.69) is 4.90 Å². The van der Waals surface area contributed by atoms with Crippen molar-refractivity contribution in [3.8, 4) is 0 Å². The Bertz CT molecular complexity index is 184. The molecule has 0 aromatic rings. The molecule has 0 bridgehead atoms. The van der Waals surface area contributed by atoms with Crippen LogP contribution in [0, 0.1) is 5.41 Å². The van der Waals surface area contributed by atoms with Gasteiger partial charge in [0.1, 0.15) is 0 Å². The molecule has 14 heavy (non-hydrogen) atoms. The van der Waals surface area contributed by atoms with Gasteiger partial charge in [0.15, 0.2) is 0 Å². The van der Waals surface area contributed by atoms with Gasteiger partial charge in [0.2, 0.25) is 0 Å². The first-order valence-electron chi connectivity index (χ1n) is 5.71. The van der Waals surface area contributed by atoms with Crippen molar-refractivity contribution in [2.75, 3.05) is 32.8 Å². The van der Waals surface area contributed by atoms with Crippen LogP contribution in [0.25, 0.3) is 0 Å². The summed E-state index contributed by atoms with van der Waals surface area (Å²) >= 11 is 0. The van der Waals surface area contributed by atoms with Crippen molar-refractivity contribution in [1.29, 1.82) is 0 Å². The zero-order valence-electron chi connectivity index (χ0n) is 9.04. The van der Waals surface area contributed by atoms with Crippen LogP contribution in [0.3, 0.4) is 0 Å². The molecule has 82 valence electrons. The van der Waals surface area contributed by atoms with Crippen LogP contribution in [0.1, 0.15) is 26.2 Å². The lowest BCUT2D eigenvalue weighted by Crippen LogP contribution is -2.38. The van der Waals surface area contributed by atoms with Crippen molar-refractivity contribution in [3.05, 3.63) is 0 Å². The molecule has 0 radical (unpaired) electrons. The molecule has 1 saturated carbocycles. The summed E-state index contributed by atoms with van der Waals surface area (Å²) in [7, 11) is 0. The molecule has 0 amide bonds. The Morgan fingerprint density at radius 3 is 2.50 bits per heavy atom. The SMILES string of the molecule is CC(O)C1(CCN2CCOCC2)CC1. The van der Waals surface area contributed by atoms with E-state index in [0.29, 0.717) is 0 Å². The van der Waals surface area contributed by atoms with Crippen LogP contribution in [0.2, 0.25) is 0 Å². The Kier molecular flexibility index (Phi) is 3.10. The van der Waals surface area contributed by atoms with Gasteiger partial charge in [-0.2, -0.15) is 0 Å². The second-order valence-electron chi connectivity index (χ2n) is 4.74. The Morgan fingerprint density at radius 2 is 2.00 bits per heavy atom. The second kappa shape index (κ2) is 4.17. The highest BCUT2D eigenvalue weighted by Gasteiger charge is 2.46. The largest absolute Gasteiger partial charge is 0.393 e. The van der Waals surface area contributed by atoms with Crippen LogP contribution < -0.4 is 0 Å². The van der Waals surface area contributed by atoms with E-state index in [1.54, 1.807) is 0 Å². The van der Waals surface area contributed by atoms with Gasteiger partial charge in [-0.1, -0.05) is 0 Å². The van der Waals surface area contributed by atoms with Gasteiger partial charge in [0.25, 0.3) is 0 Å². The predicted molar refractivity (Wildman–Crippen MR) is 55.2 cm³/mol. The Labute approximate surface area is 86.0 Å². The fraction of sp³-hybridized carbons (Fsp3) is 1.00. The summed E-state index contributed by atoms with van der Waals surface area (Å²) in [6.45, 7) is 6.95. The van der Waals surface area contributed by atoms with Gasteiger partial charge in [0, 0.05) is 13.1 Å². The van der Waals surface area contributed by atoms with Gasteiger partial charge >= 0.3 is 0 Å². The van der Waals surface area contributed by atoms with E-state index in [1.165, 1.54) is 12.8 Å². The van der Waals surface area contributed by atoms with Crippen molar-refractivity contribution in [3.63, 3.8) is 0 Å². The van der Waals surface area contributed by atoms with Crippen molar-refractivity contribution >= 4 is 0 Å². The lowest BCUT2D eigenvalue weighted by molar-refractivity contribution is 0.0277. The number of hydrogen-bond acceptors (Lipinski definition) is 3. The fourth-order valence-electron chi connectivity index (χ4n) is 2.24. The topological polar surface area (TPSA) is 32.7 Å². The van der Waals surface area contributed by atoms with Gasteiger partial charge in [-0.05, 0) is 38.1 Å². The molecule has 0 spiro atoms. The maximum atomic E-state index is 9.63. The average molecular weight is 199 g/mol. The van der Waals surface area contributed by atoms with E-state index < -0.39 is 0 Å². The molecule has 0 aromatic heterocycles. The molecule has 1 atom stereocenters. The van der Waals surface area contributed by atoms with Crippen molar-refractivity contribution < 1.29 is 9.84 Å². The molecule has 1 N–H and O–H groups in total. The van der Waals surface area contributed by atoms with Crippen LogP contribution in [0.15, 0.2) is 0 Å². The van der Waals surface area contributed by atoms with Crippen LogP contribution in [-0.2, 0) is 4.74 Å². The monoisotopic (exact) mass is 199 g/mol. The second-order valence-corrected chi connectivity index (χ2v) is 4.74. The van der Waals surface area contributed by atoms with Gasteiger partial charge in [0.05, 0.1) is 19.3 Å². The molecule has 2 fully saturated rings. The van der Waals surface area contributed by atoms with Crippen molar-refractivity contribution in [1.82, 2.24) is 4.90 Å². The number of aliphatic hydroxyl groups excluding tert-OH is 1. The van der Waals surface area contributed by atoms with Gasteiger partial charge < -0.3 is 9.84 Å². The summed E-state index contributed by atoms with van der Waals surface area (Å²) in [5.74, 6) is 0. The third-order valence-electron chi connectivity index (χ3n) is 3.81. The Morgan fingerprint density at radius 1 is 1.36 bits per heavy atom. The fourth-order valence-corrected chi connectivity index (χ4v) is 2.24. The molecule has 3 heteroatoms. The lowest BCUT2D eigenvalue weighted by Gasteiger charge is -2.29. The number of hydrogen-bond donors (Lipinski definition) is 1. The summed E-state index contributed by atoms with van der Waals surface area (Å²) in [6.07, 6.45) is 3.47. The number of aliphatic hydroxyl groups is 1. The highest BCUT2D eigenvalue weighted by molar-refractivity contribution is 4.97. The standard InChI is InChI=1S/C11H21NO2/c1-10(13)11(2-3-11)4-5-12-6-8-14-9-7-12/h10,13H,2-9H2,1H3. The van der Waals surface area contributed by atoms with Crippen LogP contribution >= 0.6 is 0 Å². The summed E-state index contributed by atoms with van der Waals surface area (Å²) < 4.78 is 5.30. The molecule has 2 rings (SSSR count). The van der Waals surface area contributed by atoms with Crippen molar-refractivity contribution in [2.24, 2.45) is 5.41 Å². The minimum Gasteiger partial charge on any atom is -0.393 e. The third-order valence-corrected chi connectivity index (χ3v) is 3.81. The summed E-state index contributed by atoms with van der Waals surface area (Å²) in [6, 6.07) is 0. The molecule has 1 unspecified atom stereocenters. The van der Waals surface area contributed by atoms with Crippen LogP contribution in [0.4, 0.5) is 0 Å². The molecular formula is C11H21NO2. The van der Waals surface area contributed by atoms with E-state index in [0.717, 1.165) is 39.3 Å². The van der Waals surface area contributed by atoms with Gasteiger partial charge in [-0.3, -0.25) is 4.90 Å². The van der Waals surface area contributed by atoms with E-state index >= 15 is 0 Å². The van der Waals surface area contributed by atoms with E-state index in [-0.39, 0.29) is 11.5 Å². The average Bonchev–Trinajstić information content (AvgIpc) is 2.97. The molecule has 1 aliphatic carbocycles. The highest BCUT2D eigenvalue weighted by Crippen LogP contribution is 2.51. The van der Waals surface area contributed by atoms with Gasteiger partial charge in [-0.15, -0.1) is 0 Å². The molecule has 1 heterocycles. The first-order chi connectivity index (χ1) is 6.73. The van der Waals surface area contributed by atoms with Gasteiger partial charge in [-0.25, -0.2) is 0 Å². The normalized spacial score (nSPS) is 28.7. The Hall–Kier alpha value is -0.120. The predicted octanol–water partition coefficient (Wildman–Crippen LogP) is 0.870. The zero-order valence-corrected chi connectivity index (χ0v) is 9.04. The lowest BCUT2D eigenvalue weighted by atomic mass is 9.96. The number of rotatable bonds is 4. The zero-order chi connectivity index (χ0) is 10.0. The molecular weight excluding hydrogens is 178 g/mol. The van der Waals surface area contributed by atoms with Crippen LogP contribution in [0.5, 0.6) is 0 Å². The first kappa shape index (κ1) is 10.4. The number of ether oxygens (including phenoxy) is 1. The molecule has 1 aliphatic heterocycles. The van der Waals surface area contributed by atoms with E-state index in [4.69, 9.17) is 4.74 Å². The first-order valence-corrected chi connectivity index (χ1v) is 5.71. The molecule has 1 saturated heterocycles. The Balaban J connectivity index is 1.71. The minimum atomic E-state index is -0.122. The molecule has 3 nitrogen and oxygen atoms in total. The van der Waals surface area contributed by atoms with Crippen molar-refractivity contribution in [2.45, 2.75) is 32.3 Å². The van der Waals surface area contributed by atoms with Crippen LogP contribution in [-0.4, -0.2) is 49.0 Å². The third kappa shape index (κ3) is 2.27. The quantitative estimate of drug-likeness (QED) is 0.729.